The average Bonchev–Trinajstić information content (AvgIpc) is 2.80. The summed E-state index contributed by atoms with van der Waals surface area (Å²) in [5.74, 6) is 1.38. The predicted octanol–water partition coefficient (Wildman–Crippen LogP) is 4.43. The van der Waals surface area contributed by atoms with Crippen molar-refractivity contribution in [3.05, 3.63) is 41.1 Å². The highest BCUT2D eigenvalue weighted by Gasteiger charge is 2.19. The van der Waals surface area contributed by atoms with Gasteiger partial charge in [-0.3, -0.25) is 0 Å². The summed E-state index contributed by atoms with van der Waals surface area (Å²) in [6.07, 6.45) is 0. The highest BCUT2D eigenvalue weighted by molar-refractivity contribution is 7.80. The van der Waals surface area contributed by atoms with Crippen LogP contribution in [-0.2, 0) is 5.41 Å². The average molecular weight is 310 g/mol. The minimum Gasteiger partial charge on any atom is -0.359 e. The molecular weight excluding hydrogens is 294 g/mol. The molecule has 2 N–H and O–H groups in total. The summed E-state index contributed by atoms with van der Waals surface area (Å²) in [7, 11) is 0. The molecule has 0 aliphatic rings. The van der Waals surface area contributed by atoms with Crippen LogP contribution in [0, 0.1) is 0 Å². The predicted molar refractivity (Wildman–Crippen MR) is 86.5 cm³/mol. The largest absolute Gasteiger partial charge is 0.359 e. The fourth-order valence-electron chi connectivity index (χ4n) is 1.50. The summed E-state index contributed by atoms with van der Waals surface area (Å²) in [6, 6.07) is 9.12. The molecule has 4 nitrogen and oxygen atoms in total. The van der Waals surface area contributed by atoms with Crippen molar-refractivity contribution in [3.8, 4) is 0 Å². The maximum Gasteiger partial charge on any atom is 0.176 e. The zero-order valence-electron chi connectivity index (χ0n) is 11.5. The van der Waals surface area contributed by atoms with Crippen molar-refractivity contribution in [2.75, 3.05) is 10.6 Å². The van der Waals surface area contributed by atoms with E-state index in [0.717, 1.165) is 11.4 Å². The van der Waals surface area contributed by atoms with Gasteiger partial charge in [0.25, 0.3) is 0 Å². The molecule has 0 spiro atoms. The number of hydrogen-bond donors (Lipinski definition) is 2. The van der Waals surface area contributed by atoms with Gasteiger partial charge in [-0.05, 0) is 36.5 Å². The molecule has 2 rings (SSSR count). The van der Waals surface area contributed by atoms with Gasteiger partial charge in [-0.15, -0.1) is 0 Å². The molecule has 0 unspecified atom stereocenters. The Hall–Kier alpha value is -1.59. The monoisotopic (exact) mass is 309 g/mol. The molecule has 20 heavy (non-hydrogen) atoms. The summed E-state index contributed by atoms with van der Waals surface area (Å²) in [4.78, 5) is 0. The Kier molecular flexibility index (Phi) is 4.30. The van der Waals surface area contributed by atoms with Crippen LogP contribution in [0.15, 0.2) is 34.9 Å². The first-order valence-corrected chi connectivity index (χ1v) is 6.94. The molecular formula is C14H16ClN3OS. The summed E-state index contributed by atoms with van der Waals surface area (Å²) < 4.78 is 5.28. The number of halogens is 1. The fraction of sp³-hybridized carbons (Fsp3) is 0.286. The van der Waals surface area contributed by atoms with Gasteiger partial charge in [0.05, 0.1) is 0 Å². The van der Waals surface area contributed by atoms with Gasteiger partial charge in [-0.25, -0.2) is 0 Å². The van der Waals surface area contributed by atoms with Crippen LogP contribution in [0.1, 0.15) is 26.5 Å². The zero-order chi connectivity index (χ0) is 14.8. The number of nitrogens with one attached hydrogen (secondary N) is 2. The third-order valence-corrected chi connectivity index (χ3v) is 3.05. The maximum absolute atomic E-state index is 5.82. The minimum absolute atomic E-state index is 0.0852. The molecule has 0 aliphatic heterocycles. The molecule has 0 amide bonds. The van der Waals surface area contributed by atoms with Crippen molar-refractivity contribution >= 4 is 40.4 Å². The molecule has 1 aromatic carbocycles. The van der Waals surface area contributed by atoms with E-state index < -0.39 is 0 Å². The Morgan fingerprint density at radius 1 is 1.20 bits per heavy atom. The highest BCUT2D eigenvalue weighted by atomic mass is 35.5. The normalized spacial score (nSPS) is 11.2. The standard InChI is InChI=1S/C14H16ClN3OS/c1-14(2,3)11-8-12(18-19-11)17-13(20)16-10-6-4-9(15)5-7-10/h4-8H,1-3H3,(H2,16,17,18,20). The van der Waals surface area contributed by atoms with Gasteiger partial charge in [-0.2, -0.15) is 0 Å². The Balaban J connectivity index is 1.98. The lowest BCUT2D eigenvalue weighted by Gasteiger charge is -2.12. The number of benzene rings is 1. The van der Waals surface area contributed by atoms with E-state index in [9.17, 15) is 0 Å². The van der Waals surface area contributed by atoms with Crippen molar-refractivity contribution in [3.63, 3.8) is 0 Å². The second-order valence-corrected chi connectivity index (χ2v) is 6.26. The Morgan fingerprint density at radius 2 is 1.85 bits per heavy atom. The number of rotatable bonds is 2. The molecule has 0 aliphatic carbocycles. The highest BCUT2D eigenvalue weighted by Crippen LogP contribution is 2.24. The van der Waals surface area contributed by atoms with Gasteiger partial charge in [0.2, 0.25) is 0 Å². The van der Waals surface area contributed by atoms with Crippen molar-refractivity contribution in [2.45, 2.75) is 26.2 Å². The molecule has 0 atom stereocenters. The van der Waals surface area contributed by atoms with Gasteiger partial charge >= 0.3 is 0 Å². The van der Waals surface area contributed by atoms with Gasteiger partial charge in [0.1, 0.15) is 5.76 Å². The Bertz CT molecular complexity index is 602. The summed E-state index contributed by atoms with van der Waals surface area (Å²) >= 11 is 11.0. The van der Waals surface area contributed by atoms with Crippen LogP contribution < -0.4 is 10.6 Å². The summed E-state index contributed by atoms with van der Waals surface area (Å²) in [6.45, 7) is 6.17. The maximum atomic E-state index is 5.82. The smallest absolute Gasteiger partial charge is 0.176 e. The van der Waals surface area contributed by atoms with Gasteiger partial charge < -0.3 is 15.2 Å². The van der Waals surface area contributed by atoms with Crippen molar-refractivity contribution in [1.82, 2.24) is 5.16 Å². The van der Waals surface area contributed by atoms with Crippen LogP contribution in [0.2, 0.25) is 5.02 Å². The van der Waals surface area contributed by atoms with Crippen LogP contribution in [-0.4, -0.2) is 10.3 Å². The van der Waals surface area contributed by atoms with E-state index in [-0.39, 0.29) is 5.41 Å². The van der Waals surface area contributed by atoms with E-state index in [1.54, 1.807) is 12.1 Å². The van der Waals surface area contributed by atoms with E-state index in [4.69, 9.17) is 28.3 Å². The molecule has 0 bridgehead atoms. The summed E-state index contributed by atoms with van der Waals surface area (Å²) in [5.41, 5.74) is 0.768. The molecule has 1 heterocycles. The first kappa shape index (κ1) is 14.8. The first-order valence-electron chi connectivity index (χ1n) is 6.15. The molecule has 0 saturated carbocycles. The molecule has 1 aromatic heterocycles. The number of thiocarbonyl (C=S) groups is 1. The van der Waals surface area contributed by atoms with Crippen LogP contribution in [0.4, 0.5) is 11.5 Å². The molecule has 0 radical (unpaired) electrons. The quantitative estimate of drug-likeness (QED) is 0.803. The first-order chi connectivity index (χ1) is 9.34. The van der Waals surface area contributed by atoms with Crippen molar-refractivity contribution < 1.29 is 4.52 Å². The number of aromatic nitrogens is 1. The van der Waals surface area contributed by atoms with E-state index in [1.807, 2.05) is 18.2 Å². The van der Waals surface area contributed by atoms with Crippen molar-refractivity contribution in [1.29, 1.82) is 0 Å². The molecule has 106 valence electrons. The molecule has 0 saturated heterocycles. The van der Waals surface area contributed by atoms with E-state index >= 15 is 0 Å². The topological polar surface area (TPSA) is 50.1 Å². The van der Waals surface area contributed by atoms with E-state index in [2.05, 4.69) is 36.6 Å². The van der Waals surface area contributed by atoms with E-state index in [0.29, 0.717) is 16.0 Å². The lowest BCUT2D eigenvalue weighted by molar-refractivity contribution is 0.331. The molecule has 2 aromatic rings. The van der Waals surface area contributed by atoms with Gasteiger partial charge in [0, 0.05) is 22.2 Å². The Morgan fingerprint density at radius 3 is 2.40 bits per heavy atom. The fourth-order valence-corrected chi connectivity index (χ4v) is 1.85. The minimum atomic E-state index is -0.0852. The van der Waals surface area contributed by atoms with Crippen molar-refractivity contribution in [2.24, 2.45) is 0 Å². The van der Waals surface area contributed by atoms with E-state index in [1.165, 1.54) is 0 Å². The third kappa shape index (κ3) is 3.95. The van der Waals surface area contributed by atoms with Crippen LogP contribution in [0.25, 0.3) is 0 Å². The lowest BCUT2D eigenvalue weighted by Crippen LogP contribution is -2.19. The summed E-state index contributed by atoms with van der Waals surface area (Å²) in [5, 5.41) is 11.1. The number of nitrogens with zero attached hydrogens (tertiary/aromatic N) is 1. The second-order valence-electron chi connectivity index (χ2n) is 5.41. The van der Waals surface area contributed by atoms with Gasteiger partial charge in [0.15, 0.2) is 10.9 Å². The van der Waals surface area contributed by atoms with Crippen LogP contribution in [0.5, 0.6) is 0 Å². The molecule has 6 heteroatoms. The van der Waals surface area contributed by atoms with Crippen LogP contribution in [0.3, 0.4) is 0 Å². The SMILES string of the molecule is CC(C)(C)c1cc(NC(=S)Nc2ccc(Cl)cc2)no1. The van der Waals surface area contributed by atoms with Crippen LogP contribution >= 0.6 is 23.8 Å². The molecule has 0 fully saturated rings. The number of anilines is 2. The third-order valence-electron chi connectivity index (χ3n) is 2.59. The second kappa shape index (κ2) is 5.81. The Labute approximate surface area is 128 Å². The lowest BCUT2D eigenvalue weighted by atomic mass is 9.93. The zero-order valence-corrected chi connectivity index (χ0v) is 13.1. The van der Waals surface area contributed by atoms with Gasteiger partial charge in [-0.1, -0.05) is 37.5 Å². The number of hydrogen-bond acceptors (Lipinski definition) is 3.